The zero-order valence-corrected chi connectivity index (χ0v) is 21.7. The molecule has 0 fully saturated rings. The fraction of sp³-hybridized carbons (Fsp3) is 0. The molecule has 7 aromatic carbocycles. The predicted octanol–water partition coefficient (Wildman–Crippen LogP) is 10.4. The van der Waals surface area contributed by atoms with E-state index in [2.05, 4.69) is 149 Å². The summed E-state index contributed by atoms with van der Waals surface area (Å²) >= 11 is 0. The number of benzene rings is 7. The average Bonchev–Trinajstić information content (AvgIpc) is 3.59. The molecule has 0 atom stereocenters. The summed E-state index contributed by atoms with van der Waals surface area (Å²) in [4.78, 5) is 3.81. The first-order valence-electron chi connectivity index (χ1n) is 13.8. The number of aromatic amines is 1. The molecule has 0 radical (unpaired) electrons. The monoisotopic (exact) mass is 508 g/mol. The number of hydrogen-bond acceptors (Lipinski definition) is 0. The summed E-state index contributed by atoms with van der Waals surface area (Å²) in [6.45, 7) is 0. The largest absolute Gasteiger partial charge is 0.354 e. The van der Waals surface area contributed by atoms with Crippen molar-refractivity contribution in [1.29, 1.82) is 0 Å². The Labute approximate surface area is 230 Å². The number of nitrogens with zero attached hydrogens (tertiary/aromatic N) is 1. The molecule has 9 rings (SSSR count). The quantitative estimate of drug-likeness (QED) is 0.240. The van der Waals surface area contributed by atoms with Crippen LogP contribution in [0.4, 0.5) is 0 Å². The molecule has 0 aliphatic carbocycles. The maximum Gasteiger partial charge on any atom is 0.0627 e. The van der Waals surface area contributed by atoms with E-state index < -0.39 is 0 Å². The molecule has 0 saturated carbocycles. The lowest BCUT2D eigenvalue weighted by atomic mass is 9.93. The van der Waals surface area contributed by atoms with E-state index in [1.54, 1.807) is 0 Å². The van der Waals surface area contributed by atoms with Gasteiger partial charge in [-0.1, -0.05) is 115 Å². The Hall–Kier alpha value is -5.34. The van der Waals surface area contributed by atoms with Crippen molar-refractivity contribution in [2.75, 3.05) is 0 Å². The summed E-state index contributed by atoms with van der Waals surface area (Å²) in [5, 5.41) is 10.1. The van der Waals surface area contributed by atoms with E-state index >= 15 is 0 Å². The second-order valence-electron chi connectivity index (χ2n) is 10.6. The van der Waals surface area contributed by atoms with E-state index in [-0.39, 0.29) is 0 Å². The third-order valence-corrected chi connectivity index (χ3v) is 8.46. The Morgan fingerprint density at radius 2 is 1.05 bits per heavy atom. The van der Waals surface area contributed by atoms with E-state index in [1.165, 1.54) is 76.5 Å². The van der Waals surface area contributed by atoms with Crippen LogP contribution in [0.15, 0.2) is 140 Å². The first kappa shape index (κ1) is 21.6. The van der Waals surface area contributed by atoms with Crippen LogP contribution in [-0.4, -0.2) is 9.55 Å². The van der Waals surface area contributed by atoms with Gasteiger partial charge in [-0.15, -0.1) is 0 Å². The summed E-state index contributed by atoms with van der Waals surface area (Å²) in [5.41, 5.74) is 8.52. The maximum absolute atomic E-state index is 3.81. The first-order valence-corrected chi connectivity index (χ1v) is 13.8. The van der Waals surface area contributed by atoms with Gasteiger partial charge in [-0.3, -0.25) is 0 Å². The van der Waals surface area contributed by atoms with Crippen LogP contribution >= 0.6 is 0 Å². The van der Waals surface area contributed by atoms with E-state index in [9.17, 15) is 0 Å². The van der Waals surface area contributed by atoms with E-state index in [0.29, 0.717) is 0 Å². The molecule has 186 valence electrons. The van der Waals surface area contributed by atoms with Gasteiger partial charge in [0.25, 0.3) is 0 Å². The highest BCUT2D eigenvalue weighted by Crippen LogP contribution is 2.49. The van der Waals surface area contributed by atoms with Gasteiger partial charge < -0.3 is 9.55 Å². The van der Waals surface area contributed by atoms with Crippen molar-refractivity contribution in [3.05, 3.63) is 140 Å². The Morgan fingerprint density at radius 3 is 1.85 bits per heavy atom. The molecule has 0 aliphatic rings. The molecule has 1 N–H and O–H groups in total. The lowest BCUT2D eigenvalue weighted by molar-refractivity contribution is 1.19. The van der Waals surface area contributed by atoms with Crippen LogP contribution in [0.1, 0.15) is 0 Å². The van der Waals surface area contributed by atoms with Gasteiger partial charge in [0.1, 0.15) is 0 Å². The lowest BCUT2D eigenvalue weighted by Crippen LogP contribution is -1.95. The van der Waals surface area contributed by atoms with Crippen LogP contribution in [0.2, 0.25) is 0 Å². The van der Waals surface area contributed by atoms with Crippen molar-refractivity contribution < 1.29 is 0 Å². The minimum atomic E-state index is 1.16. The summed E-state index contributed by atoms with van der Waals surface area (Å²) in [6, 6.07) is 50.5. The number of hydrogen-bond donors (Lipinski definition) is 1. The van der Waals surface area contributed by atoms with Crippen molar-refractivity contribution in [3.8, 4) is 16.8 Å². The fourth-order valence-electron chi connectivity index (χ4n) is 6.85. The molecule has 2 heterocycles. The second-order valence-corrected chi connectivity index (χ2v) is 10.6. The molecule has 0 spiro atoms. The van der Waals surface area contributed by atoms with Crippen LogP contribution in [0.3, 0.4) is 0 Å². The molecule has 2 aromatic heterocycles. The Bertz CT molecular complexity index is 2410. The van der Waals surface area contributed by atoms with Crippen LogP contribution in [0.5, 0.6) is 0 Å². The Morgan fingerprint density at radius 1 is 0.450 bits per heavy atom. The highest BCUT2D eigenvalue weighted by Gasteiger charge is 2.25. The summed E-state index contributed by atoms with van der Waals surface area (Å²) in [7, 11) is 0. The number of H-pyrrole nitrogens is 1. The summed E-state index contributed by atoms with van der Waals surface area (Å²) < 4.78 is 2.52. The van der Waals surface area contributed by atoms with E-state index in [0.717, 1.165) is 5.52 Å². The topological polar surface area (TPSA) is 20.7 Å². The molecule has 0 unspecified atom stereocenters. The second kappa shape index (κ2) is 8.08. The van der Waals surface area contributed by atoms with Crippen LogP contribution in [-0.2, 0) is 0 Å². The van der Waals surface area contributed by atoms with Crippen molar-refractivity contribution >= 4 is 65.2 Å². The van der Waals surface area contributed by atoms with Gasteiger partial charge in [-0.25, -0.2) is 0 Å². The van der Waals surface area contributed by atoms with E-state index in [4.69, 9.17) is 0 Å². The minimum absolute atomic E-state index is 1.16. The van der Waals surface area contributed by atoms with Crippen molar-refractivity contribution in [2.45, 2.75) is 0 Å². The van der Waals surface area contributed by atoms with Gasteiger partial charge in [0.15, 0.2) is 0 Å². The van der Waals surface area contributed by atoms with Gasteiger partial charge in [-0.05, 0) is 40.8 Å². The van der Waals surface area contributed by atoms with Crippen molar-refractivity contribution in [1.82, 2.24) is 9.55 Å². The Balaban J connectivity index is 1.71. The molecule has 2 nitrogen and oxygen atoms in total. The molecule has 40 heavy (non-hydrogen) atoms. The zero-order chi connectivity index (χ0) is 26.2. The molecular formula is C38H24N2. The molecule has 9 aromatic rings. The normalized spacial score (nSPS) is 12.0. The summed E-state index contributed by atoms with van der Waals surface area (Å²) in [5.74, 6) is 0. The fourth-order valence-corrected chi connectivity index (χ4v) is 6.85. The summed E-state index contributed by atoms with van der Waals surface area (Å²) in [6.07, 6.45) is 0. The number of para-hydroxylation sites is 2. The highest BCUT2D eigenvalue weighted by atomic mass is 15.0. The predicted molar refractivity (Wildman–Crippen MR) is 171 cm³/mol. The standard InChI is InChI=1S/C38H24N2/c1-3-13-24(14-4-1)31-23-25-15-7-8-18-27(25)37-34(31)35-33-30-21-11-12-22-32(30)39-36(33)28-19-9-10-20-29(28)38(35)40(37)26-16-5-2-6-17-26/h1-23,39H. The number of fused-ring (bicyclic) bond motifs is 12. The number of rotatable bonds is 2. The van der Waals surface area contributed by atoms with Crippen molar-refractivity contribution in [3.63, 3.8) is 0 Å². The Kier molecular flexibility index (Phi) is 4.36. The van der Waals surface area contributed by atoms with Gasteiger partial charge in [0.2, 0.25) is 0 Å². The van der Waals surface area contributed by atoms with Gasteiger partial charge >= 0.3 is 0 Å². The molecule has 2 heteroatoms. The average molecular weight is 509 g/mol. The highest BCUT2D eigenvalue weighted by molar-refractivity contribution is 6.40. The molecule has 0 amide bonds. The number of aromatic nitrogens is 2. The third kappa shape index (κ3) is 2.82. The zero-order valence-electron chi connectivity index (χ0n) is 21.7. The van der Waals surface area contributed by atoms with Gasteiger partial charge in [0, 0.05) is 48.9 Å². The maximum atomic E-state index is 3.81. The first-order chi connectivity index (χ1) is 19.9. The minimum Gasteiger partial charge on any atom is -0.354 e. The van der Waals surface area contributed by atoms with Crippen LogP contribution in [0, 0.1) is 0 Å². The molecule has 0 saturated heterocycles. The third-order valence-electron chi connectivity index (χ3n) is 8.46. The van der Waals surface area contributed by atoms with Gasteiger partial charge in [0.05, 0.1) is 16.6 Å². The van der Waals surface area contributed by atoms with Crippen molar-refractivity contribution in [2.24, 2.45) is 0 Å². The van der Waals surface area contributed by atoms with Crippen LogP contribution < -0.4 is 0 Å². The SMILES string of the molecule is c1ccc(-c2cc3ccccc3c3c2c2c4c5ccccc5[nH]c4c4ccccc4c2n3-c2ccccc2)cc1. The molecular weight excluding hydrogens is 484 g/mol. The van der Waals surface area contributed by atoms with Crippen LogP contribution in [0.25, 0.3) is 82.0 Å². The van der Waals surface area contributed by atoms with Gasteiger partial charge in [-0.2, -0.15) is 0 Å². The molecule has 0 aliphatic heterocycles. The lowest BCUT2D eigenvalue weighted by Gasteiger charge is -2.13. The van der Waals surface area contributed by atoms with E-state index in [1.807, 2.05) is 0 Å². The number of nitrogens with one attached hydrogen (secondary N) is 1. The molecule has 0 bridgehead atoms. The smallest absolute Gasteiger partial charge is 0.0627 e.